The molecule has 1 rings (SSSR count). The minimum atomic E-state index is -3.86. The van der Waals surface area contributed by atoms with E-state index in [1.807, 2.05) is 6.92 Å². The second kappa shape index (κ2) is 11.2. The van der Waals surface area contributed by atoms with Crippen LogP contribution < -0.4 is 0 Å². The maximum Gasteiger partial charge on any atom is 0.324 e. The molecule has 0 aliphatic rings. The Bertz CT molecular complexity index is 961. The maximum atomic E-state index is 12.8. The molecule has 0 spiro atoms. The fourth-order valence-electron chi connectivity index (χ4n) is 2.65. The molecule has 0 saturated heterocycles. The Morgan fingerprint density at radius 2 is 1.70 bits per heavy atom. The summed E-state index contributed by atoms with van der Waals surface area (Å²) in [6.45, 7) is 5.01. The van der Waals surface area contributed by atoms with Crippen molar-refractivity contribution in [3.63, 3.8) is 0 Å². The van der Waals surface area contributed by atoms with E-state index in [0.717, 1.165) is 24.1 Å². The van der Waals surface area contributed by atoms with Crippen LogP contribution >= 0.6 is 0 Å². The third-order valence-electron chi connectivity index (χ3n) is 4.34. The quantitative estimate of drug-likeness (QED) is 0.257. The summed E-state index contributed by atoms with van der Waals surface area (Å²) in [6.07, 6.45) is 6.44. The van der Waals surface area contributed by atoms with Crippen molar-refractivity contribution in [3.8, 4) is 24.2 Å². The molecule has 0 atom stereocenters. The summed E-state index contributed by atoms with van der Waals surface area (Å²) in [5, 5.41) is 0. The highest BCUT2D eigenvalue weighted by molar-refractivity contribution is 7.89. The summed E-state index contributed by atoms with van der Waals surface area (Å²) in [7, 11) is -1.55. The van der Waals surface area contributed by atoms with Gasteiger partial charge in [-0.25, -0.2) is 8.42 Å². The summed E-state index contributed by atoms with van der Waals surface area (Å²) in [5.41, 5.74) is -0.758. The van der Waals surface area contributed by atoms with Crippen LogP contribution in [-0.2, 0) is 29.1 Å². The third kappa shape index (κ3) is 5.73. The van der Waals surface area contributed by atoms with Gasteiger partial charge in [-0.3, -0.25) is 9.59 Å². The number of methoxy groups -OCH3 is 2. The van der Waals surface area contributed by atoms with Gasteiger partial charge in [0.25, 0.3) is 0 Å². The Morgan fingerprint density at radius 3 is 2.17 bits per heavy atom. The van der Waals surface area contributed by atoms with E-state index in [9.17, 15) is 18.0 Å². The Kier molecular flexibility index (Phi) is 9.32. The minimum absolute atomic E-state index is 0.0449. The van der Waals surface area contributed by atoms with Gasteiger partial charge >= 0.3 is 11.9 Å². The Balaban J connectivity index is 3.15. The molecule has 0 N–H and O–H groups in total. The third-order valence-corrected chi connectivity index (χ3v) is 6.15. The fraction of sp³-hybridized carbons (Fsp3) is 0.364. The molecule has 8 heteroatoms. The van der Waals surface area contributed by atoms with Crippen molar-refractivity contribution in [1.82, 2.24) is 4.31 Å². The lowest BCUT2D eigenvalue weighted by atomic mass is 9.81. The molecule has 0 aliphatic carbocycles. The Morgan fingerprint density at radius 1 is 1.13 bits per heavy atom. The van der Waals surface area contributed by atoms with Crippen LogP contribution in [0, 0.1) is 36.5 Å². The van der Waals surface area contributed by atoms with Crippen LogP contribution in [0.1, 0.15) is 18.4 Å². The molecule has 0 amide bonds. The van der Waals surface area contributed by atoms with Crippen molar-refractivity contribution in [2.45, 2.75) is 24.7 Å². The lowest BCUT2D eigenvalue weighted by Gasteiger charge is -2.24. The van der Waals surface area contributed by atoms with Gasteiger partial charge in [0.05, 0.1) is 32.2 Å². The van der Waals surface area contributed by atoms with Gasteiger partial charge < -0.3 is 9.47 Å². The van der Waals surface area contributed by atoms with Gasteiger partial charge in [0.1, 0.15) is 0 Å². The number of hydrogen-bond donors (Lipinski definition) is 0. The number of allylic oxidation sites excluding steroid dienone is 1. The van der Waals surface area contributed by atoms with E-state index < -0.39 is 27.4 Å². The zero-order chi connectivity index (χ0) is 22.8. The van der Waals surface area contributed by atoms with E-state index in [2.05, 4.69) is 24.3 Å². The van der Waals surface area contributed by atoms with Gasteiger partial charge in [0.15, 0.2) is 5.41 Å². The van der Waals surface area contributed by atoms with Crippen LogP contribution in [0.3, 0.4) is 0 Å². The van der Waals surface area contributed by atoms with E-state index >= 15 is 0 Å². The molecule has 0 aliphatic heterocycles. The van der Waals surface area contributed by atoms with E-state index in [0.29, 0.717) is 0 Å². The fourth-order valence-corrected chi connectivity index (χ4v) is 3.91. The van der Waals surface area contributed by atoms with Gasteiger partial charge in [0, 0.05) is 6.42 Å². The molecule has 0 radical (unpaired) electrons. The number of sulfonamides is 1. The first-order chi connectivity index (χ1) is 14.2. The van der Waals surface area contributed by atoms with E-state index in [1.165, 1.54) is 18.2 Å². The first kappa shape index (κ1) is 25.0. The zero-order valence-corrected chi connectivity index (χ0v) is 18.1. The normalized spacial score (nSPS) is 11.0. The highest BCUT2D eigenvalue weighted by Gasteiger charge is 2.46. The predicted molar refractivity (Wildman–Crippen MR) is 112 cm³/mol. The van der Waals surface area contributed by atoms with Crippen LogP contribution in [0.2, 0.25) is 0 Å². The monoisotopic (exact) mass is 431 g/mol. The van der Waals surface area contributed by atoms with Crippen molar-refractivity contribution >= 4 is 22.0 Å². The summed E-state index contributed by atoms with van der Waals surface area (Å²) in [6, 6.07) is 6.35. The Labute approximate surface area is 178 Å². The second-order valence-corrected chi connectivity index (χ2v) is 8.32. The lowest BCUT2D eigenvalue weighted by molar-refractivity contribution is -0.168. The standard InChI is InChI=1S/C22H25NO6S/c1-6-14-22(20(24)28-4,21(25)29-5)15-8-9-17-23(16-7-2)30(26,27)19-12-10-18(3)11-13-19/h2,6,10-13H,1,14-17H2,3-5H3. The molecule has 0 aromatic heterocycles. The van der Waals surface area contributed by atoms with Crippen LogP contribution in [0.25, 0.3) is 0 Å². The van der Waals surface area contributed by atoms with Crippen molar-refractivity contribution in [1.29, 1.82) is 0 Å². The number of esters is 2. The summed E-state index contributed by atoms with van der Waals surface area (Å²) in [5.74, 6) is 6.06. The van der Waals surface area contributed by atoms with Crippen molar-refractivity contribution < 1.29 is 27.5 Å². The number of nitrogens with zero attached hydrogens (tertiary/aromatic N) is 1. The molecule has 1 aromatic carbocycles. The number of aryl methyl sites for hydroxylation is 1. The molecule has 7 nitrogen and oxygen atoms in total. The van der Waals surface area contributed by atoms with Crippen molar-refractivity contribution in [2.24, 2.45) is 5.41 Å². The number of ether oxygens (including phenoxy) is 2. The molecule has 30 heavy (non-hydrogen) atoms. The highest BCUT2D eigenvalue weighted by Crippen LogP contribution is 2.30. The van der Waals surface area contributed by atoms with Crippen LogP contribution in [0.5, 0.6) is 0 Å². The maximum absolute atomic E-state index is 12.8. The molecule has 160 valence electrons. The SMILES string of the molecule is C#CCN(CC#CCC(CC=C)(C(=O)OC)C(=O)OC)S(=O)(=O)c1ccc(C)cc1. The minimum Gasteiger partial charge on any atom is -0.468 e. The van der Waals surface area contributed by atoms with E-state index in [1.54, 1.807) is 12.1 Å². The molecule has 0 fully saturated rings. The Hall–Kier alpha value is -3.07. The van der Waals surface area contributed by atoms with Crippen molar-refractivity contribution in [2.75, 3.05) is 27.3 Å². The molecule has 0 unspecified atom stereocenters. The summed E-state index contributed by atoms with van der Waals surface area (Å²) in [4.78, 5) is 24.6. The van der Waals surface area contributed by atoms with Gasteiger partial charge in [-0.05, 0) is 25.5 Å². The van der Waals surface area contributed by atoms with Crippen LogP contribution in [-0.4, -0.2) is 52.0 Å². The van der Waals surface area contributed by atoms with Crippen LogP contribution in [0.15, 0.2) is 41.8 Å². The molecular formula is C22H25NO6S. The second-order valence-electron chi connectivity index (χ2n) is 6.38. The smallest absolute Gasteiger partial charge is 0.324 e. The summed E-state index contributed by atoms with van der Waals surface area (Å²) < 4.78 is 36.2. The average Bonchev–Trinajstić information content (AvgIpc) is 2.74. The van der Waals surface area contributed by atoms with Gasteiger partial charge in [0.2, 0.25) is 10.0 Å². The average molecular weight is 432 g/mol. The van der Waals surface area contributed by atoms with Gasteiger partial charge in [-0.15, -0.1) is 18.9 Å². The molecule has 1 aromatic rings. The molecule has 0 saturated carbocycles. The van der Waals surface area contributed by atoms with Crippen molar-refractivity contribution in [3.05, 3.63) is 42.5 Å². The van der Waals surface area contributed by atoms with Gasteiger partial charge in [-0.1, -0.05) is 35.6 Å². The zero-order valence-electron chi connectivity index (χ0n) is 17.3. The lowest BCUT2D eigenvalue weighted by Crippen LogP contribution is -2.40. The van der Waals surface area contributed by atoms with Crippen LogP contribution in [0.4, 0.5) is 0 Å². The summed E-state index contributed by atoms with van der Waals surface area (Å²) >= 11 is 0. The number of carbonyl (C=O) groups excluding carboxylic acids is 2. The molecular weight excluding hydrogens is 406 g/mol. The van der Waals surface area contributed by atoms with Gasteiger partial charge in [-0.2, -0.15) is 4.31 Å². The number of benzene rings is 1. The highest BCUT2D eigenvalue weighted by atomic mass is 32.2. The number of carbonyl (C=O) groups is 2. The van der Waals surface area contributed by atoms with E-state index in [4.69, 9.17) is 15.9 Å². The number of hydrogen-bond acceptors (Lipinski definition) is 6. The topological polar surface area (TPSA) is 90.0 Å². The molecule has 0 heterocycles. The number of terminal acetylenes is 1. The first-order valence-electron chi connectivity index (χ1n) is 8.93. The predicted octanol–water partition coefficient (Wildman–Crippen LogP) is 1.92. The molecule has 0 bridgehead atoms. The largest absolute Gasteiger partial charge is 0.468 e. The number of rotatable bonds is 9. The first-order valence-corrected chi connectivity index (χ1v) is 10.4. The van der Waals surface area contributed by atoms with E-state index in [-0.39, 0.29) is 30.8 Å².